The van der Waals surface area contributed by atoms with Crippen molar-refractivity contribution < 1.29 is 0 Å². The van der Waals surface area contributed by atoms with Crippen molar-refractivity contribution in [2.24, 2.45) is 0 Å². The average molecular weight is 244 g/mol. The van der Waals surface area contributed by atoms with Crippen molar-refractivity contribution in [1.29, 1.82) is 5.26 Å². The smallest absolute Gasteiger partial charge is 0.142 e. The van der Waals surface area contributed by atoms with Crippen LogP contribution in [0.15, 0.2) is 23.7 Å². The normalized spacial score (nSPS) is 9.88. The molecule has 2 aromatic rings. The van der Waals surface area contributed by atoms with Crippen LogP contribution in [-0.4, -0.2) is 16.5 Å². The Hall–Kier alpha value is -1.93. The second kappa shape index (κ2) is 5.41. The predicted molar refractivity (Wildman–Crippen MR) is 68.0 cm³/mol. The van der Waals surface area contributed by atoms with Crippen molar-refractivity contribution in [2.75, 3.05) is 11.9 Å². The predicted octanol–water partition coefficient (Wildman–Crippen LogP) is 2.37. The molecule has 2 heterocycles. The summed E-state index contributed by atoms with van der Waals surface area (Å²) in [5.41, 5.74) is 2.46. The number of nitriles is 1. The lowest BCUT2D eigenvalue weighted by molar-refractivity contribution is 0.967. The highest BCUT2D eigenvalue weighted by atomic mass is 32.1. The van der Waals surface area contributed by atoms with E-state index in [0.29, 0.717) is 5.69 Å². The molecule has 0 fully saturated rings. The molecule has 0 radical (unpaired) electrons. The molecule has 0 amide bonds. The highest BCUT2D eigenvalue weighted by molar-refractivity contribution is 7.09. The van der Waals surface area contributed by atoms with E-state index in [-0.39, 0.29) is 0 Å². The minimum Gasteiger partial charge on any atom is -0.385 e. The first-order valence-electron chi connectivity index (χ1n) is 5.29. The Balaban J connectivity index is 1.88. The number of aromatic nitrogens is 2. The first kappa shape index (κ1) is 11.6. The summed E-state index contributed by atoms with van der Waals surface area (Å²) in [6.45, 7) is 2.81. The maximum Gasteiger partial charge on any atom is 0.142 e. The molecular weight excluding hydrogens is 232 g/mol. The summed E-state index contributed by atoms with van der Waals surface area (Å²) in [7, 11) is 0. The number of hydrogen-bond acceptors (Lipinski definition) is 5. The third kappa shape index (κ3) is 3.26. The third-order valence-corrected chi connectivity index (χ3v) is 3.07. The largest absolute Gasteiger partial charge is 0.385 e. The van der Waals surface area contributed by atoms with E-state index in [4.69, 9.17) is 5.26 Å². The van der Waals surface area contributed by atoms with Gasteiger partial charge in [-0.15, -0.1) is 11.3 Å². The first-order valence-corrected chi connectivity index (χ1v) is 6.17. The molecule has 0 aliphatic carbocycles. The number of nitrogens with one attached hydrogen (secondary N) is 1. The summed E-state index contributed by atoms with van der Waals surface area (Å²) in [6, 6.07) is 5.61. The standard InChI is InChI=1S/C12H12N4S/c1-9-16-11(8-17-9)3-5-14-10-2-4-15-12(6-10)7-13/h2,4,6,8H,3,5H2,1H3,(H,14,15). The van der Waals surface area contributed by atoms with Crippen molar-refractivity contribution in [3.05, 3.63) is 40.1 Å². The van der Waals surface area contributed by atoms with E-state index in [1.54, 1.807) is 23.6 Å². The van der Waals surface area contributed by atoms with Gasteiger partial charge in [-0.05, 0) is 19.1 Å². The quantitative estimate of drug-likeness (QED) is 0.897. The molecule has 0 aromatic carbocycles. The zero-order valence-electron chi connectivity index (χ0n) is 9.47. The molecule has 0 atom stereocenters. The Morgan fingerprint density at radius 2 is 2.41 bits per heavy atom. The van der Waals surface area contributed by atoms with E-state index in [0.717, 1.165) is 29.4 Å². The van der Waals surface area contributed by atoms with Gasteiger partial charge in [0.15, 0.2) is 0 Å². The average Bonchev–Trinajstić information content (AvgIpc) is 2.75. The van der Waals surface area contributed by atoms with E-state index >= 15 is 0 Å². The van der Waals surface area contributed by atoms with Crippen LogP contribution in [0, 0.1) is 18.3 Å². The molecule has 86 valence electrons. The zero-order valence-corrected chi connectivity index (χ0v) is 10.3. The van der Waals surface area contributed by atoms with Gasteiger partial charge in [0.2, 0.25) is 0 Å². The summed E-state index contributed by atoms with van der Waals surface area (Å²) < 4.78 is 0. The molecular formula is C12H12N4S. The van der Waals surface area contributed by atoms with Gasteiger partial charge >= 0.3 is 0 Å². The maximum atomic E-state index is 8.72. The van der Waals surface area contributed by atoms with Crippen molar-refractivity contribution in [3.63, 3.8) is 0 Å². The van der Waals surface area contributed by atoms with Crippen LogP contribution >= 0.6 is 11.3 Å². The van der Waals surface area contributed by atoms with Gasteiger partial charge in [-0.3, -0.25) is 0 Å². The third-order valence-electron chi connectivity index (χ3n) is 2.25. The monoisotopic (exact) mass is 244 g/mol. The fraction of sp³-hybridized carbons (Fsp3) is 0.250. The molecule has 0 aliphatic rings. The van der Waals surface area contributed by atoms with Crippen molar-refractivity contribution in [2.45, 2.75) is 13.3 Å². The van der Waals surface area contributed by atoms with Crippen LogP contribution in [0.2, 0.25) is 0 Å². The van der Waals surface area contributed by atoms with E-state index in [9.17, 15) is 0 Å². The Morgan fingerprint density at radius 1 is 1.53 bits per heavy atom. The second-order valence-electron chi connectivity index (χ2n) is 3.58. The first-order chi connectivity index (χ1) is 8.28. The zero-order chi connectivity index (χ0) is 12.1. The molecule has 0 bridgehead atoms. The molecule has 0 saturated carbocycles. The number of rotatable bonds is 4. The van der Waals surface area contributed by atoms with Crippen LogP contribution in [0.4, 0.5) is 5.69 Å². The van der Waals surface area contributed by atoms with Gasteiger partial charge in [0.25, 0.3) is 0 Å². The van der Waals surface area contributed by atoms with Gasteiger partial charge in [-0.1, -0.05) is 0 Å². The minimum atomic E-state index is 0.430. The number of aryl methyl sites for hydroxylation is 1. The van der Waals surface area contributed by atoms with Gasteiger partial charge in [0.05, 0.1) is 10.7 Å². The summed E-state index contributed by atoms with van der Waals surface area (Å²) in [5.74, 6) is 0. The summed E-state index contributed by atoms with van der Waals surface area (Å²) >= 11 is 1.66. The van der Waals surface area contributed by atoms with Gasteiger partial charge in [0, 0.05) is 30.2 Å². The number of anilines is 1. The Bertz CT molecular complexity index is 541. The maximum absolute atomic E-state index is 8.72. The highest BCUT2D eigenvalue weighted by Crippen LogP contribution is 2.10. The molecule has 2 aromatic heterocycles. The summed E-state index contributed by atoms with van der Waals surface area (Å²) in [6.07, 6.45) is 2.52. The number of thiazole rings is 1. The molecule has 17 heavy (non-hydrogen) atoms. The van der Waals surface area contributed by atoms with Gasteiger partial charge in [-0.2, -0.15) is 5.26 Å². The van der Waals surface area contributed by atoms with Crippen molar-refractivity contribution >= 4 is 17.0 Å². The number of hydrogen-bond donors (Lipinski definition) is 1. The van der Waals surface area contributed by atoms with Crippen molar-refractivity contribution in [3.8, 4) is 6.07 Å². The molecule has 0 aliphatic heterocycles. The fourth-order valence-electron chi connectivity index (χ4n) is 1.46. The topological polar surface area (TPSA) is 61.6 Å². The molecule has 2 rings (SSSR count). The molecule has 0 unspecified atom stereocenters. The molecule has 1 N–H and O–H groups in total. The Labute approximate surface area is 104 Å². The fourth-order valence-corrected chi connectivity index (χ4v) is 2.11. The number of nitrogens with zero attached hydrogens (tertiary/aromatic N) is 3. The molecule has 4 nitrogen and oxygen atoms in total. The lowest BCUT2D eigenvalue weighted by atomic mass is 10.3. The van der Waals surface area contributed by atoms with Crippen LogP contribution in [0.5, 0.6) is 0 Å². The Morgan fingerprint density at radius 3 is 3.12 bits per heavy atom. The van der Waals surface area contributed by atoms with E-state index < -0.39 is 0 Å². The van der Waals surface area contributed by atoms with E-state index in [1.807, 2.05) is 19.1 Å². The minimum absolute atomic E-state index is 0.430. The summed E-state index contributed by atoms with van der Waals surface area (Å²) in [5, 5.41) is 15.1. The van der Waals surface area contributed by atoms with Crippen LogP contribution in [0.1, 0.15) is 16.4 Å². The SMILES string of the molecule is Cc1nc(CCNc2ccnc(C#N)c2)cs1. The number of pyridine rings is 1. The Kier molecular flexibility index (Phi) is 3.68. The summed E-state index contributed by atoms with van der Waals surface area (Å²) in [4.78, 5) is 8.31. The highest BCUT2D eigenvalue weighted by Gasteiger charge is 1.99. The van der Waals surface area contributed by atoms with E-state index in [1.165, 1.54) is 0 Å². The second-order valence-corrected chi connectivity index (χ2v) is 4.64. The molecule has 5 heteroatoms. The van der Waals surface area contributed by atoms with Crippen molar-refractivity contribution in [1.82, 2.24) is 9.97 Å². The van der Waals surface area contributed by atoms with Crippen LogP contribution in [0.25, 0.3) is 0 Å². The van der Waals surface area contributed by atoms with E-state index in [2.05, 4.69) is 20.7 Å². The molecule has 0 spiro atoms. The lowest BCUT2D eigenvalue weighted by Crippen LogP contribution is -2.05. The van der Waals surface area contributed by atoms with Crippen LogP contribution in [0.3, 0.4) is 0 Å². The van der Waals surface area contributed by atoms with Crippen LogP contribution < -0.4 is 5.32 Å². The lowest BCUT2D eigenvalue weighted by Gasteiger charge is -2.04. The van der Waals surface area contributed by atoms with Gasteiger partial charge in [0.1, 0.15) is 11.8 Å². The van der Waals surface area contributed by atoms with Gasteiger partial charge in [-0.25, -0.2) is 9.97 Å². The molecule has 0 saturated heterocycles. The van der Waals surface area contributed by atoms with Crippen LogP contribution in [-0.2, 0) is 6.42 Å². The van der Waals surface area contributed by atoms with Gasteiger partial charge < -0.3 is 5.32 Å².